The minimum Gasteiger partial charge on any atom is -0.480 e. The van der Waals surface area contributed by atoms with Gasteiger partial charge >= 0.3 is 5.97 Å². The molecule has 0 heterocycles. The van der Waals surface area contributed by atoms with Crippen molar-refractivity contribution >= 4 is 11.9 Å². The molecule has 5 heteroatoms. The van der Waals surface area contributed by atoms with E-state index in [-0.39, 0.29) is 25.3 Å². The molecule has 0 aliphatic carbocycles. The number of aliphatic carboxylic acids is 1. The lowest BCUT2D eigenvalue weighted by molar-refractivity contribution is -0.141. The molecule has 0 spiro atoms. The summed E-state index contributed by atoms with van der Waals surface area (Å²) < 4.78 is 0. The van der Waals surface area contributed by atoms with E-state index < -0.39 is 12.0 Å². The van der Waals surface area contributed by atoms with E-state index in [1.165, 1.54) is 6.08 Å². The first kappa shape index (κ1) is 11.6. The van der Waals surface area contributed by atoms with Crippen LogP contribution in [0.3, 0.4) is 0 Å². The van der Waals surface area contributed by atoms with Crippen molar-refractivity contribution in [1.29, 1.82) is 0 Å². The molecule has 0 fully saturated rings. The Morgan fingerprint density at radius 3 is 2.62 bits per heavy atom. The Hall–Kier alpha value is -1.36. The molecule has 1 atom stereocenters. The molecule has 0 rings (SSSR count). The predicted octanol–water partition coefficient (Wildman–Crippen LogP) is -0.519. The summed E-state index contributed by atoms with van der Waals surface area (Å²) in [6, 6.07) is -0.892. The fourth-order valence-electron chi connectivity index (χ4n) is 0.786. The molecular formula is C8H14N2O3. The molecule has 13 heavy (non-hydrogen) atoms. The van der Waals surface area contributed by atoms with Crippen molar-refractivity contribution in [2.45, 2.75) is 18.9 Å². The molecule has 4 N–H and O–H groups in total. The van der Waals surface area contributed by atoms with Crippen LogP contribution in [0.15, 0.2) is 12.7 Å². The molecule has 0 saturated carbocycles. The maximum atomic E-state index is 10.9. The third kappa shape index (κ3) is 4.97. The van der Waals surface area contributed by atoms with Gasteiger partial charge in [-0.3, -0.25) is 4.79 Å². The predicted molar refractivity (Wildman–Crippen MR) is 48.1 cm³/mol. The number of hydrogen-bond donors (Lipinski definition) is 3. The SMILES string of the molecule is C=CCC(NC(=O)CCN)C(=O)O. The van der Waals surface area contributed by atoms with E-state index in [4.69, 9.17) is 10.8 Å². The van der Waals surface area contributed by atoms with Gasteiger partial charge in [0.1, 0.15) is 6.04 Å². The largest absolute Gasteiger partial charge is 0.480 e. The third-order valence-corrected chi connectivity index (χ3v) is 1.41. The molecule has 1 amide bonds. The van der Waals surface area contributed by atoms with Gasteiger partial charge < -0.3 is 16.2 Å². The van der Waals surface area contributed by atoms with Gasteiger partial charge in [0.2, 0.25) is 5.91 Å². The van der Waals surface area contributed by atoms with Crippen molar-refractivity contribution in [3.05, 3.63) is 12.7 Å². The lowest BCUT2D eigenvalue weighted by Gasteiger charge is -2.11. The quantitative estimate of drug-likeness (QED) is 0.487. The number of carboxylic acid groups (broad SMARTS) is 1. The van der Waals surface area contributed by atoms with Crippen LogP contribution >= 0.6 is 0 Å². The zero-order valence-corrected chi connectivity index (χ0v) is 7.32. The van der Waals surface area contributed by atoms with Crippen LogP contribution in [0.25, 0.3) is 0 Å². The van der Waals surface area contributed by atoms with Gasteiger partial charge in [-0.1, -0.05) is 6.08 Å². The molecule has 0 bridgehead atoms. The summed E-state index contributed by atoms with van der Waals surface area (Å²) in [5.74, 6) is -1.41. The van der Waals surface area contributed by atoms with Crippen LogP contribution in [-0.2, 0) is 9.59 Å². The number of amides is 1. The lowest BCUT2D eigenvalue weighted by atomic mass is 10.2. The van der Waals surface area contributed by atoms with Crippen LogP contribution in [0.5, 0.6) is 0 Å². The third-order valence-electron chi connectivity index (χ3n) is 1.41. The summed E-state index contributed by atoms with van der Waals surface area (Å²) in [7, 11) is 0. The minimum atomic E-state index is -1.06. The summed E-state index contributed by atoms with van der Waals surface area (Å²) in [6.07, 6.45) is 1.80. The molecule has 0 aliphatic heterocycles. The van der Waals surface area contributed by atoms with Gasteiger partial charge in [-0.15, -0.1) is 6.58 Å². The van der Waals surface area contributed by atoms with E-state index in [2.05, 4.69) is 11.9 Å². The minimum absolute atomic E-state index is 0.140. The molecule has 0 aromatic heterocycles. The van der Waals surface area contributed by atoms with E-state index in [0.29, 0.717) is 0 Å². The summed E-state index contributed by atoms with van der Waals surface area (Å²) >= 11 is 0. The van der Waals surface area contributed by atoms with Crippen molar-refractivity contribution in [3.8, 4) is 0 Å². The second-order valence-corrected chi connectivity index (χ2v) is 2.52. The average Bonchev–Trinajstić information content (AvgIpc) is 2.04. The second-order valence-electron chi connectivity index (χ2n) is 2.52. The number of nitrogens with one attached hydrogen (secondary N) is 1. The number of carboxylic acids is 1. The van der Waals surface area contributed by atoms with Gasteiger partial charge in [-0.25, -0.2) is 4.79 Å². The van der Waals surface area contributed by atoms with Crippen LogP contribution in [0.2, 0.25) is 0 Å². The molecule has 74 valence electrons. The zero-order valence-electron chi connectivity index (χ0n) is 7.32. The summed E-state index contributed by atoms with van der Waals surface area (Å²) in [5.41, 5.74) is 5.13. The summed E-state index contributed by atoms with van der Waals surface area (Å²) in [6.45, 7) is 3.61. The van der Waals surface area contributed by atoms with Crippen molar-refractivity contribution in [3.63, 3.8) is 0 Å². The highest BCUT2D eigenvalue weighted by molar-refractivity contribution is 5.83. The average molecular weight is 186 g/mol. The fourth-order valence-corrected chi connectivity index (χ4v) is 0.786. The highest BCUT2D eigenvalue weighted by Gasteiger charge is 2.17. The highest BCUT2D eigenvalue weighted by atomic mass is 16.4. The molecule has 5 nitrogen and oxygen atoms in total. The van der Waals surface area contributed by atoms with E-state index in [9.17, 15) is 9.59 Å². The number of hydrogen-bond acceptors (Lipinski definition) is 3. The van der Waals surface area contributed by atoms with Gasteiger partial charge in [-0.2, -0.15) is 0 Å². The molecular weight excluding hydrogens is 172 g/mol. The van der Waals surface area contributed by atoms with Gasteiger partial charge in [0.15, 0.2) is 0 Å². The molecule has 0 saturated heterocycles. The molecule has 0 aromatic rings. The summed E-state index contributed by atoms with van der Waals surface area (Å²) in [5, 5.41) is 11.0. The Balaban J connectivity index is 4.01. The standard InChI is InChI=1S/C8H14N2O3/c1-2-3-6(8(12)13)10-7(11)4-5-9/h2,6H,1,3-5,9H2,(H,10,11)(H,12,13). The molecule has 1 unspecified atom stereocenters. The number of rotatable bonds is 6. The van der Waals surface area contributed by atoms with Crippen molar-refractivity contribution in [2.75, 3.05) is 6.54 Å². The Kier molecular flexibility index (Phi) is 5.54. The number of carbonyl (C=O) groups excluding carboxylic acids is 1. The smallest absolute Gasteiger partial charge is 0.326 e. The van der Waals surface area contributed by atoms with Crippen LogP contribution in [0.4, 0.5) is 0 Å². The second kappa shape index (κ2) is 6.19. The Morgan fingerprint density at radius 1 is 1.62 bits per heavy atom. The van der Waals surface area contributed by atoms with Crippen molar-refractivity contribution < 1.29 is 14.7 Å². The highest BCUT2D eigenvalue weighted by Crippen LogP contribution is 1.93. The first-order chi connectivity index (χ1) is 6.11. The van der Waals surface area contributed by atoms with Crippen LogP contribution < -0.4 is 11.1 Å². The first-order valence-electron chi connectivity index (χ1n) is 3.95. The lowest BCUT2D eigenvalue weighted by Crippen LogP contribution is -2.40. The normalized spacial score (nSPS) is 11.8. The van der Waals surface area contributed by atoms with Crippen molar-refractivity contribution in [2.24, 2.45) is 5.73 Å². The van der Waals surface area contributed by atoms with Crippen LogP contribution in [0, 0.1) is 0 Å². The van der Waals surface area contributed by atoms with E-state index >= 15 is 0 Å². The van der Waals surface area contributed by atoms with Gasteiger partial charge in [0.25, 0.3) is 0 Å². The van der Waals surface area contributed by atoms with Gasteiger partial charge in [0, 0.05) is 13.0 Å². The topological polar surface area (TPSA) is 92.4 Å². The van der Waals surface area contributed by atoms with E-state index in [1.807, 2.05) is 0 Å². The van der Waals surface area contributed by atoms with Crippen LogP contribution in [0.1, 0.15) is 12.8 Å². The number of nitrogens with two attached hydrogens (primary N) is 1. The van der Waals surface area contributed by atoms with Gasteiger partial charge in [-0.05, 0) is 6.42 Å². The fraction of sp³-hybridized carbons (Fsp3) is 0.500. The molecule has 0 aliphatic rings. The van der Waals surface area contributed by atoms with E-state index in [1.54, 1.807) is 0 Å². The first-order valence-corrected chi connectivity index (χ1v) is 3.95. The zero-order chi connectivity index (χ0) is 10.3. The Labute approximate surface area is 76.6 Å². The van der Waals surface area contributed by atoms with E-state index in [0.717, 1.165) is 0 Å². The monoisotopic (exact) mass is 186 g/mol. The van der Waals surface area contributed by atoms with Crippen molar-refractivity contribution in [1.82, 2.24) is 5.32 Å². The molecule has 0 radical (unpaired) electrons. The Morgan fingerprint density at radius 2 is 2.23 bits per heavy atom. The maximum Gasteiger partial charge on any atom is 0.326 e. The molecule has 0 aromatic carbocycles. The maximum absolute atomic E-state index is 10.9. The van der Waals surface area contributed by atoms with Crippen LogP contribution in [-0.4, -0.2) is 29.6 Å². The Bertz CT molecular complexity index is 204. The summed E-state index contributed by atoms with van der Waals surface area (Å²) in [4.78, 5) is 21.5. The number of carbonyl (C=O) groups is 2. The van der Waals surface area contributed by atoms with Gasteiger partial charge in [0.05, 0.1) is 0 Å².